The van der Waals surface area contributed by atoms with Crippen LogP contribution in [0.5, 0.6) is 0 Å². The molecule has 0 aliphatic heterocycles. The fourth-order valence-corrected chi connectivity index (χ4v) is 1.35. The summed E-state index contributed by atoms with van der Waals surface area (Å²) in [6.45, 7) is 9.93. The third kappa shape index (κ3) is 4.06. The summed E-state index contributed by atoms with van der Waals surface area (Å²) in [7, 11) is 0. The molecule has 0 aliphatic rings. The Kier molecular flexibility index (Phi) is 4.10. The standard InChI is InChI=1S/C13H20N2O2/c1-6-15(12(16)17-13(3,4)5)11-8-7-10(2)14-9-11/h7-9H,6H2,1-5H3. The van der Waals surface area contributed by atoms with Gasteiger partial charge in [-0.3, -0.25) is 9.88 Å². The molecule has 1 amide bonds. The first-order valence-corrected chi connectivity index (χ1v) is 5.76. The van der Waals surface area contributed by atoms with Crippen molar-refractivity contribution in [1.29, 1.82) is 0 Å². The normalized spacial score (nSPS) is 11.1. The van der Waals surface area contributed by atoms with Crippen LogP contribution in [0.2, 0.25) is 0 Å². The lowest BCUT2D eigenvalue weighted by Crippen LogP contribution is -2.36. The van der Waals surface area contributed by atoms with Crippen LogP contribution >= 0.6 is 0 Å². The molecule has 0 bridgehead atoms. The molecule has 0 radical (unpaired) electrons. The van der Waals surface area contributed by atoms with E-state index in [4.69, 9.17) is 4.74 Å². The van der Waals surface area contributed by atoms with Gasteiger partial charge < -0.3 is 4.74 Å². The van der Waals surface area contributed by atoms with Gasteiger partial charge in [0.15, 0.2) is 0 Å². The molecule has 1 rings (SSSR count). The van der Waals surface area contributed by atoms with Crippen LogP contribution in [0, 0.1) is 6.92 Å². The van der Waals surface area contributed by atoms with Crippen LogP contribution in [0.15, 0.2) is 18.3 Å². The Bertz CT molecular complexity index is 379. The number of pyridine rings is 1. The van der Waals surface area contributed by atoms with Gasteiger partial charge in [0.25, 0.3) is 0 Å². The highest BCUT2D eigenvalue weighted by Crippen LogP contribution is 2.17. The van der Waals surface area contributed by atoms with Gasteiger partial charge in [0.2, 0.25) is 0 Å². The van der Waals surface area contributed by atoms with E-state index in [0.717, 1.165) is 11.4 Å². The zero-order chi connectivity index (χ0) is 13.1. The Morgan fingerprint density at radius 1 is 1.41 bits per heavy atom. The molecule has 4 heteroatoms. The summed E-state index contributed by atoms with van der Waals surface area (Å²) in [5.74, 6) is 0. The Balaban J connectivity index is 2.84. The van der Waals surface area contributed by atoms with Crippen molar-refractivity contribution in [3.05, 3.63) is 24.0 Å². The molecule has 0 atom stereocenters. The minimum atomic E-state index is -0.484. The quantitative estimate of drug-likeness (QED) is 0.792. The SMILES string of the molecule is CCN(C(=O)OC(C)(C)C)c1ccc(C)nc1. The maximum atomic E-state index is 12.0. The highest BCUT2D eigenvalue weighted by Gasteiger charge is 2.22. The van der Waals surface area contributed by atoms with Gasteiger partial charge >= 0.3 is 6.09 Å². The van der Waals surface area contributed by atoms with Crippen LogP contribution < -0.4 is 4.90 Å². The van der Waals surface area contributed by atoms with Crippen LogP contribution in [-0.4, -0.2) is 23.2 Å². The summed E-state index contributed by atoms with van der Waals surface area (Å²) >= 11 is 0. The topological polar surface area (TPSA) is 42.4 Å². The summed E-state index contributed by atoms with van der Waals surface area (Å²) in [5, 5.41) is 0. The van der Waals surface area contributed by atoms with Crippen LogP contribution in [-0.2, 0) is 4.74 Å². The summed E-state index contributed by atoms with van der Waals surface area (Å²) in [6, 6.07) is 3.75. The largest absolute Gasteiger partial charge is 0.443 e. The molecule has 0 spiro atoms. The molecule has 94 valence electrons. The Morgan fingerprint density at radius 2 is 2.06 bits per heavy atom. The van der Waals surface area contributed by atoms with Crippen molar-refractivity contribution >= 4 is 11.8 Å². The van der Waals surface area contributed by atoms with E-state index >= 15 is 0 Å². The van der Waals surface area contributed by atoms with Gasteiger partial charge in [-0.1, -0.05) is 0 Å². The van der Waals surface area contributed by atoms with Crippen LogP contribution in [0.1, 0.15) is 33.4 Å². The van der Waals surface area contributed by atoms with Crippen molar-refractivity contribution in [3.63, 3.8) is 0 Å². The number of carbonyl (C=O) groups excluding carboxylic acids is 1. The zero-order valence-corrected chi connectivity index (χ0v) is 11.2. The number of nitrogens with zero attached hydrogens (tertiary/aromatic N) is 2. The second-order valence-corrected chi connectivity index (χ2v) is 4.88. The summed E-state index contributed by atoms with van der Waals surface area (Å²) < 4.78 is 5.33. The van der Waals surface area contributed by atoms with E-state index in [1.807, 2.05) is 46.8 Å². The van der Waals surface area contributed by atoms with Crippen molar-refractivity contribution in [3.8, 4) is 0 Å². The molecule has 0 aliphatic carbocycles. The first-order valence-electron chi connectivity index (χ1n) is 5.76. The number of hydrogen-bond donors (Lipinski definition) is 0. The Hall–Kier alpha value is -1.58. The van der Waals surface area contributed by atoms with Gasteiger partial charge in [-0.2, -0.15) is 0 Å². The monoisotopic (exact) mass is 236 g/mol. The Labute approximate surface area is 103 Å². The molecule has 0 saturated carbocycles. The van der Waals surface area contributed by atoms with Gasteiger partial charge in [-0.15, -0.1) is 0 Å². The predicted octanol–water partition coefficient (Wildman–Crippen LogP) is 3.15. The van der Waals surface area contributed by atoms with Crippen molar-refractivity contribution in [2.45, 2.75) is 40.2 Å². The van der Waals surface area contributed by atoms with Gasteiger partial charge in [0.1, 0.15) is 5.60 Å². The van der Waals surface area contributed by atoms with Gasteiger partial charge in [0, 0.05) is 12.2 Å². The average molecular weight is 236 g/mol. The lowest BCUT2D eigenvalue weighted by molar-refractivity contribution is 0.0582. The minimum Gasteiger partial charge on any atom is -0.443 e. The lowest BCUT2D eigenvalue weighted by atomic mass is 10.2. The third-order valence-electron chi connectivity index (χ3n) is 2.14. The molecule has 1 aromatic rings. The van der Waals surface area contributed by atoms with Gasteiger partial charge in [0.05, 0.1) is 11.9 Å². The molecule has 17 heavy (non-hydrogen) atoms. The summed E-state index contributed by atoms with van der Waals surface area (Å²) in [4.78, 5) is 17.7. The summed E-state index contributed by atoms with van der Waals surface area (Å²) in [6.07, 6.45) is 1.34. The molecule has 0 saturated heterocycles. The molecular formula is C13H20N2O2. The van der Waals surface area contributed by atoms with E-state index in [1.165, 1.54) is 0 Å². The Morgan fingerprint density at radius 3 is 2.47 bits per heavy atom. The van der Waals surface area contributed by atoms with Gasteiger partial charge in [-0.25, -0.2) is 4.79 Å². The van der Waals surface area contributed by atoms with E-state index in [0.29, 0.717) is 6.54 Å². The number of hydrogen-bond acceptors (Lipinski definition) is 3. The van der Waals surface area contributed by atoms with E-state index in [1.54, 1.807) is 11.1 Å². The maximum absolute atomic E-state index is 12.0. The second-order valence-electron chi connectivity index (χ2n) is 4.88. The molecule has 0 fully saturated rings. The first kappa shape index (κ1) is 13.5. The van der Waals surface area contributed by atoms with Crippen molar-refractivity contribution < 1.29 is 9.53 Å². The average Bonchev–Trinajstić information content (AvgIpc) is 2.19. The van der Waals surface area contributed by atoms with Crippen LogP contribution in [0.3, 0.4) is 0 Å². The van der Waals surface area contributed by atoms with Crippen molar-refractivity contribution in [2.75, 3.05) is 11.4 Å². The van der Waals surface area contributed by atoms with E-state index in [2.05, 4.69) is 4.98 Å². The minimum absolute atomic E-state index is 0.342. The van der Waals surface area contributed by atoms with E-state index in [-0.39, 0.29) is 6.09 Å². The molecule has 0 N–H and O–H groups in total. The number of aryl methyl sites for hydroxylation is 1. The number of anilines is 1. The third-order valence-corrected chi connectivity index (χ3v) is 2.14. The molecule has 0 unspecified atom stereocenters. The molecule has 4 nitrogen and oxygen atoms in total. The fraction of sp³-hybridized carbons (Fsp3) is 0.538. The fourth-order valence-electron chi connectivity index (χ4n) is 1.35. The molecule has 0 aromatic carbocycles. The van der Waals surface area contributed by atoms with E-state index < -0.39 is 5.60 Å². The van der Waals surface area contributed by atoms with Crippen molar-refractivity contribution in [2.24, 2.45) is 0 Å². The van der Waals surface area contributed by atoms with Gasteiger partial charge in [-0.05, 0) is 46.8 Å². The highest BCUT2D eigenvalue weighted by molar-refractivity contribution is 5.87. The number of aromatic nitrogens is 1. The number of carbonyl (C=O) groups is 1. The lowest BCUT2D eigenvalue weighted by Gasteiger charge is -2.26. The molecular weight excluding hydrogens is 216 g/mol. The highest BCUT2D eigenvalue weighted by atomic mass is 16.6. The van der Waals surface area contributed by atoms with Crippen molar-refractivity contribution in [1.82, 2.24) is 4.98 Å². The number of amides is 1. The number of rotatable bonds is 2. The van der Waals surface area contributed by atoms with Crippen LogP contribution in [0.25, 0.3) is 0 Å². The molecule has 1 aromatic heterocycles. The smallest absolute Gasteiger partial charge is 0.414 e. The zero-order valence-electron chi connectivity index (χ0n) is 11.2. The summed E-state index contributed by atoms with van der Waals surface area (Å²) in [5.41, 5.74) is 1.20. The predicted molar refractivity (Wildman–Crippen MR) is 68.2 cm³/mol. The maximum Gasteiger partial charge on any atom is 0.414 e. The second kappa shape index (κ2) is 5.17. The van der Waals surface area contributed by atoms with E-state index in [9.17, 15) is 4.79 Å². The number of ether oxygens (including phenoxy) is 1. The van der Waals surface area contributed by atoms with Crippen LogP contribution in [0.4, 0.5) is 10.5 Å². The molecule has 1 heterocycles. The first-order chi connectivity index (χ1) is 7.83.